The molecule has 0 spiro atoms. The first-order chi connectivity index (χ1) is 11.1. The molecule has 0 aliphatic carbocycles. The lowest BCUT2D eigenvalue weighted by atomic mass is 9.82. The van der Waals surface area contributed by atoms with Gasteiger partial charge in [0, 0.05) is 11.6 Å². The van der Waals surface area contributed by atoms with E-state index in [1.165, 1.54) is 5.56 Å². The smallest absolute Gasteiger partial charge is 0.242 e. The number of aryl methyl sites for hydroxylation is 2. The lowest BCUT2D eigenvalue weighted by molar-refractivity contribution is -0.122. The van der Waals surface area contributed by atoms with Crippen LogP contribution in [0.3, 0.4) is 0 Å². The van der Waals surface area contributed by atoms with Gasteiger partial charge in [0.2, 0.25) is 5.91 Å². The summed E-state index contributed by atoms with van der Waals surface area (Å²) in [6.07, 6.45) is 1.99. The van der Waals surface area contributed by atoms with E-state index in [0.717, 1.165) is 22.4 Å². The molecule has 2 aromatic carbocycles. The Bertz CT molecular complexity index is 795. The van der Waals surface area contributed by atoms with Crippen LogP contribution in [0.4, 0.5) is 0 Å². The summed E-state index contributed by atoms with van der Waals surface area (Å²) in [7, 11) is 0. The minimum atomic E-state index is -0.702. The molecule has 1 N–H and O–H groups in total. The molecule has 0 saturated carbocycles. The van der Waals surface area contributed by atoms with Gasteiger partial charge in [0.1, 0.15) is 5.92 Å². The van der Waals surface area contributed by atoms with Crippen LogP contribution in [-0.4, -0.2) is 5.91 Å². The van der Waals surface area contributed by atoms with E-state index in [4.69, 9.17) is 0 Å². The SMILES string of the molecule is Cc1ccc(C2=C[C@H](c3ccc(C)cc3)[C@@H](C#N)C(=O)N2)cc1. The lowest BCUT2D eigenvalue weighted by Crippen LogP contribution is -2.36. The fraction of sp³-hybridized carbons (Fsp3) is 0.200. The predicted molar refractivity (Wildman–Crippen MR) is 90.3 cm³/mol. The molecular weight excluding hydrogens is 284 g/mol. The summed E-state index contributed by atoms with van der Waals surface area (Å²) in [5, 5.41) is 12.3. The molecule has 3 heteroatoms. The van der Waals surface area contributed by atoms with Gasteiger partial charge in [-0.3, -0.25) is 4.79 Å². The molecule has 1 aliphatic rings. The second-order valence-electron chi connectivity index (χ2n) is 5.98. The molecule has 3 rings (SSSR count). The number of amides is 1. The molecule has 2 aromatic rings. The highest BCUT2D eigenvalue weighted by Gasteiger charge is 2.33. The van der Waals surface area contributed by atoms with Crippen molar-refractivity contribution in [2.45, 2.75) is 19.8 Å². The zero-order valence-electron chi connectivity index (χ0n) is 13.2. The Kier molecular flexibility index (Phi) is 3.99. The summed E-state index contributed by atoms with van der Waals surface area (Å²) in [4.78, 5) is 12.4. The molecule has 2 atom stereocenters. The molecule has 3 nitrogen and oxygen atoms in total. The van der Waals surface area contributed by atoms with Crippen LogP contribution >= 0.6 is 0 Å². The van der Waals surface area contributed by atoms with E-state index in [0.29, 0.717) is 0 Å². The topological polar surface area (TPSA) is 52.9 Å². The van der Waals surface area contributed by atoms with E-state index in [1.807, 2.05) is 68.5 Å². The summed E-state index contributed by atoms with van der Waals surface area (Å²) in [6, 6.07) is 18.1. The molecule has 0 saturated heterocycles. The van der Waals surface area contributed by atoms with Crippen molar-refractivity contribution < 1.29 is 4.79 Å². The largest absolute Gasteiger partial charge is 0.325 e. The van der Waals surface area contributed by atoms with Gasteiger partial charge in [-0.25, -0.2) is 0 Å². The third kappa shape index (κ3) is 3.02. The molecule has 0 unspecified atom stereocenters. The van der Waals surface area contributed by atoms with E-state index in [-0.39, 0.29) is 11.8 Å². The fourth-order valence-corrected chi connectivity index (χ4v) is 2.81. The molecule has 0 aromatic heterocycles. The van der Waals surface area contributed by atoms with Crippen LogP contribution in [0.15, 0.2) is 54.6 Å². The number of carbonyl (C=O) groups is 1. The van der Waals surface area contributed by atoms with Crippen LogP contribution in [0.2, 0.25) is 0 Å². The number of nitrogens with zero attached hydrogens (tertiary/aromatic N) is 1. The first kappa shape index (κ1) is 15.1. The molecular formula is C20H18N2O. The van der Waals surface area contributed by atoms with Crippen molar-refractivity contribution in [1.82, 2.24) is 5.32 Å². The molecule has 0 bridgehead atoms. The molecule has 1 amide bonds. The van der Waals surface area contributed by atoms with E-state index in [9.17, 15) is 10.1 Å². The van der Waals surface area contributed by atoms with Crippen LogP contribution in [-0.2, 0) is 4.79 Å². The van der Waals surface area contributed by atoms with Crippen LogP contribution in [0, 0.1) is 31.1 Å². The fourth-order valence-electron chi connectivity index (χ4n) is 2.81. The Hall–Kier alpha value is -2.86. The number of carbonyl (C=O) groups excluding carboxylic acids is 1. The van der Waals surface area contributed by atoms with Gasteiger partial charge in [0.05, 0.1) is 6.07 Å². The maximum absolute atomic E-state index is 12.4. The molecule has 23 heavy (non-hydrogen) atoms. The van der Waals surface area contributed by atoms with Gasteiger partial charge in [0.25, 0.3) is 0 Å². The first-order valence-electron chi connectivity index (χ1n) is 7.64. The van der Waals surface area contributed by atoms with Gasteiger partial charge in [-0.05, 0) is 25.0 Å². The molecule has 114 valence electrons. The minimum absolute atomic E-state index is 0.231. The Labute approximate surface area is 136 Å². The molecule has 0 radical (unpaired) electrons. The zero-order valence-corrected chi connectivity index (χ0v) is 13.2. The zero-order chi connectivity index (χ0) is 16.4. The van der Waals surface area contributed by atoms with Crippen molar-refractivity contribution in [3.8, 4) is 6.07 Å². The second kappa shape index (κ2) is 6.10. The average Bonchev–Trinajstić information content (AvgIpc) is 2.55. The number of allylic oxidation sites excluding steroid dienone is 1. The number of hydrogen-bond acceptors (Lipinski definition) is 2. The maximum Gasteiger partial charge on any atom is 0.242 e. The summed E-state index contributed by atoms with van der Waals surface area (Å²) in [6.45, 7) is 4.05. The van der Waals surface area contributed by atoms with Crippen LogP contribution in [0.25, 0.3) is 5.70 Å². The maximum atomic E-state index is 12.4. The van der Waals surface area contributed by atoms with E-state index in [2.05, 4.69) is 11.4 Å². The first-order valence-corrected chi connectivity index (χ1v) is 7.64. The molecule has 0 fully saturated rings. The van der Waals surface area contributed by atoms with Crippen molar-refractivity contribution in [3.05, 3.63) is 76.9 Å². The third-order valence-electron chi connectivity index (χ3n) is 4.21. The van der Waals surface area contributed by atoms with Gasteiger partial charge in [-0.15, -0.1) is 0 Å². The second-order valence-corrected chi connectivity index (χ2v) is 5.98. The number of nitrogens with one attached hydrogen (secondary N) is 1. The number of nitriles is 1. The van der Waals surface area contributed by atoms with Crippen LogP contribution < -0.4 is 5.32 Å². The Balaban J connectivity index is 2.04. The Morgan fingerprint density at radius 1 is 0.957 bits per heavy atom. The van der Waals surface area contributed by atoms with Crippen molar-refractivity contribution >= 4 is 11.6 Å². The number of rotatable bonds is 2. The average molecular weight is 302 g/mol. The highest BCUT2D eigenvalue weighted by molar-refractivity contribution is 5.93. The highest BCUT2D eigenvalue weighted by Crippen LogP contribution is 2.33. The van der Waals surface area contributed by atoms with E-state index in [1.54, 1.807) is 0 Å². The van der Waals surface area contributed by atoms with E-state index >= 15 is 0 Å². The van der Waals surface area contributed by atoms with Crippen molar-refractivity contribution in [1.29, 1.82) is 5.26 Å². The van der Waals surface area contributed by atoms with Crippen LogP contribution in [0.5, 0.6) is 0 Å². The van der Waals surface area contributed by atoms with Gasteiger partial charge in [-0.1, -0.05) is 65.7 Å². The normalized spacial score (nSPS) is 20.4. The van der Waals surface area contributed by atoms with Crippen molar-refractivity contribution in [3.63, 3.8) is 0 Å². The number of hydrogen-bond donors (Lipinski definition) is 1. The Morgan fingerprint density at radius 3 is 2.09 bits per heavy atom. The Morgan fingerprint density at radius 2 is 1.52 bits per heavy atom. The molecule has 1 heterocycles. The van der Waals surface area contributed by atoms with Gasteiger partial charge < -0.3 is 5.32 Å². The minimum Gasteiger partial charge on any atom is -0.325 e. The van der Waals surface area contributed by atoms with Gasteiger partial charge in [-0.2, -0.15) is 5.26 Å². The monoisotopic (exact) mass is 302 g/mol. The summed E-state index contributed by atoms with van der Waals surface area (Å²) in [5.74, 6) is -1.17. The van der Waals surface area contributed by atoms with Crippen molar-refractivity contribution in [2.24, 2.45) is 5.92 Å². The predicted octanol–water partition coefficient (Wildman–Crippen LogP) is 3.70. The standard InChI is InChI=1S/C20H18N2O/c1-13-3-7-15(8-4-13)17-11-19(22-20(23)18(17)12-21)16-9-5-14(2)6-10-16/h3-11,17-18H,1-2H3,(H,22,23)/t17-,18-/m1/s1. The summed E-state index contributed by atoms with van der Waals surface area (Å²) >= 11 is 0. The molecule has 1 aliphatic heterocycles. The highest BCUT2D eigenvalue weighted by atomic mass is 16.2. The quantitative estimate of drug-likeness (QED) is 0.919. The summed E-state index contributed by atoms with van der Waals surface area (Å²) < 4.78 is 0. The van der Waals surface area contributed by atoms with Crippen molar-refractivity contribution in [2.75, 3.05) is 0 Å². The summed E-state index contributed by atoms with van der Waals surface area (Å²) in [5.41, 5.74) is 5.04. The van der Waals surface area contributed by atoms with E-state index < -0.39 is 5.92 Å². The third-order valence-corrected chi connectivity index (χ3v) is 4.21. The van der Waals surface area contributed by atoms with Crippen LogP contribution in [0.1, 0.15) is 28.2 Å². The van der Waals surface area contributed by atoms with Gasteiger partial charge in [0.15, 0.2) is 0 Å². The van der Waals surface area contributed by atoms with Gasteiger partial charge >= 0.3 is 0 Å². The lowest BCUT2D eigenvalue weighted by Gasteiger charge is -2.26. The number of benzene rings is 2.